The van der Waals surface area contributed by atoms with Crippen molar-refractivity contribution in [3.63, 3.8) is 0 Å². The third kappa shape index (κ3) is 5.85. The fourth-order valence-electron chi connectivity index (χ4n) is 3.10. The number of amidine groups is 1. The molecule has 1 aromatic carbocycles. The van der Waals surface area contributed by atoms with E-state index in [1.54, 1.807) is 20.8 Å². The Morgan fingerprint density at radius 3 is 2.72 bits per heavy atom. The Kier molecular flexibility index (Phi) is 6.49. The molecular formula is C18H22IN3O5S2. The Labute approximate surface area is 187 Å². The Bertz CT molecular complexity index is 958. The maximum absolute atomic E-state index is 12.3. The van der Waals surface area contributed by atoms with Crippen LogP contribution >= 0.6 is 34.4 Å². The van der Waals surface area contributed by atoms with Crippen molar-refractivity contribution in [1.82, 2.24) is 5.32 Å². The molecule has 3 rings (SSSR count). The number of ether oxygens (including phenoxy) is 1. The largest absolute Gasteiger partial charge is 0.444 e. The van der Waals surface area contributed by atoms with Crippen LogP contribution in [0.25, 0.3) is 0 Å². The van der Waals surface area contributed by atoms with E-state index in [2.05, 4.69) is 32.9 Å². The second kappa shape index (κ2) is 8.42. The number of aliphatic imine (C=N–C) groups is 1. The summed E-state index contributed by atoms with van der Waals surface area (Å²) in [7, 11) is -3.13. The number of fused-ring (bicyclic) bond motifs is 1. The van der Waals surface area contributed by atoms with Gasteiger partial charge in [-0.05, 0) is 61.6 Å². The molecular weight excluding hydrogens is 529 g/mol. The number of nitrogens with one attached hydrogen (secondary N) is 1. The van der Waals surface area contributed by atoms with Crippen LogP contribution in [0.3, 0.4) is 0 Å². The number of hydrogen-bond acceptors (Lipinski definition) is 6. The quantitative estimate of drug-likeness (QED) is 0.576. The predicted octanol–water partition coefficient (Wildman–Crippen LogP) is 2.42. The number of sulfone groups is 1. The van der Waals surface area contributed by atoms with E-state index in [0.717, 1.165) is 9.26 Å². The first-order chi connectivity index (χ1) is 13.4. The van der Waals surface area contributed by atoms with Crippen LogP contribution in [0.1, 0.15) is 20.8 Å². The van der Waals surface area contributed by atoms with Gasteiger partial charge < -0.3 is 15.0 Å². The van der Waals surface area contributed by atoms with Gasteiger partial charge in [0, 0.05) is 14.5 Å². The number of anilines is 1. The van der Waals surface area contributed by atoms with Gasteiger partial charge in [-0.2, -0.15) is 4.99 Å². The third-order valence-corrected chi connectivity index (χ3v) is 8.04. The number of hydrogen-bond donors (Lipinski definition) is 1. The minimum Gasteiger partial charge on any atom is -0.444 e. The van der Waals surface area contributed by atoms with Crippen LogP contribution in [0.15, 0.2) is 29.3 Å². The highest BCUT2D eigenvalue weighted by molar-refractivity contribution is 14.1. The molecule has 2 aliphatic heterocycles. The van der Waals surface area contributed by atoms with Crippen LogP contribution < -0.4 is 10.2 Å². The molecule has 0 aliphatic carbocycles. The predicted molar refractivity (Wildman–Crippen MR) is 122 cm³/mol. The zero-order chi connectivity index (χ0) is 21.4. The third-order valence-electron chi connectivity index (χ3n) is 4.16. The lowest BCUT2D eigenvalue weighted by Crippen LogP contribution is -2.38. The molecule has 2 atom stereocenters. The summed E-state index contributed by atoms with van der Waals surface area (Å²) in [5, 5.41) is 2.67. The number of rotatable bonds is 3. The van der Waals surface area contributed by atoms with Crippen molar-refractivity contribution in [3.05, 3.63) is 27.8 Å². The first-order valence-corrected chi connectivity index (χ1v) is 12.7. The fourth-order valence-corrected chi connectivity index (χ4v) is 7.56. The first-order valence-electron chi connectivity index (χ1n) is 8.94. The Hall–Kier alpha value is -1.34. The van der Waals surface area contributed by atoms with Crippen LogP contribution in [0, 0.1) is 3.57 Å². The van der Waals surface area contributed by atoms with Crippen LogP contribution in [0.2, 0.25) is 0 Å². The second-order valence-electron chi connectivity index (χ2n) is 7.79. The number of carbonyl (C=O) groups is 2. The number of thioether (sulfide) groups is 1. The first kappa shape index (κ1) is 22.3. The van der Waals surface area contributed by atoms with Gasteiger partial charge in [-0.3, -0.25) is 4.79 Å². The number of carbonyl (C=O) groups excluding carboxylic acids is 2. The van der Waals surface area contributed by atoms with Crippen LogP contribution in [-0.4, -0.2) is 60.5 Å². The maximum atomic E-state index is 12.3. The van der Waals surface area contributed by atoms with E-state index in [1.807, 2.05) is 29.2 Å². The summed E-state index contributed by atoms with van der Waals surface area (Å²) in [6, 6.07) is 7.33. The van der Waals surface area contributed by atoms with E-state index in [9.17, 15) is 18.0 Å². The zero-order valence-corrected chi connectivity index (χ0v) is 20.0. The normalized spacial score (nSPS) is 24.4. The van der Waals surface area contributed by atoms with Gasteiger partial charge in [0.1, 0.15) is 12.1 Å². The van der Waals surface area contributed by atoms with Crippen LogP contribution in [-0.2, 0) is 19.4 Å². The molecule has 1 aromatic rings. The van der Waals surface area contributed by atoms with Gasteiger partial charge in [0.25, 0.3) is 5.91 Å². The lowest BCUT2D eigenvalue weighted by atomic mass is 10.2. The lowest BCUT2D eigenvalue weighted by molar-refractivity contribution is -0.117. The summed E-state index contributed by atoms with van der Waals surface area (Å²) >= 11 is 3.48. The highest BCUT2D eigenvalue weighted by Crippen LogP contribution is 2.41. The second-order valence-corrected chi connectivity index (χ2v) is 12.4. The number of benzene rings is 1. The number of alkyl carbamates (subject to hydrolysis) is 1. The number of halogens is 1. The van der Waals surface area contributed by atoms with Crippen molar-refractivity contribution >= 4 is 67.0 Å². The number of nitrogens with zero attached hydrogens (tertiary/aromatic N) is 2. The van der Waals surface area contributed by atoms with Gasteiger partial charge in [-0.15, -0.1) is 0 Å². The molecule has 1 N–H and O–H groups in total. The van der Waals surface area contributed by atoms with Gasteiger partial charge in [0.15, 0.2) is 15.0 Å². The van der Waals surface area contributed by atoms with Crippen LogP contribution in [0.4, 0.5) is 10.5 Å². The standard InChI is InChI=1S/C18H22IN3O5S2/c1-18(2,3)27-17(24)20-8-15(23)21-16-22(12-6-4-5-11(19)7-12)13-9-29(25,26)10-14(13)28-16/h4-7,13-14H,8-10H2,1-3H3,(H,20,24)/t13-,14-/m0/s1. The molecule has 8 nitrogen and oxygen atoms in total. The summed E-state index contributed by atoms with van der Waals surface area (Å²) in [4.78, 5) is 30.1. The van der Waals surface area contributed by atoms with E-state index < -0.39 is 27.4 Å². The summed E-state index contributed by atoms with van der Waals surface area (Å²) in [5.74, 6) is -0.442. The van der Waals surface area contributed by atoms with E-state index in [0.29, 0.717) is 5.17 Å². The zero-order valence-electron chi connectivity index (χ0n) is 16.2. The van der Waals surface area contributed by atoms with E-state index >= 15 is 0 Å². The molecule has 29 heavy (non-hydrogen) atoms. The van der Waals surface area contributed by atoms with Crippen molar-refractivity contribution in [2.45, 2.75) is 37.7 Å². The minimum atomic E-state index is -3.13. The van der Waals surface area contributed by atoms with Gasteiger partial charge >= 0.3 is 6.09 Å². The van der Waals surface area contributed by atoms with Gasteiger partial charge in [0.2, 0.25) is 0 Å². The summed E-state index contributed by atoms with van der Waals surface area (Å²) in [5.41, 5.74) is 0.130. The molecule has 2 aliphatic rings. The average molecular weight is 551 g/mol. The average Bonchev–Trinajstić information content (AvgIpc) is 3.02. The molecule has 0 unspecified atom stereocenters. The molecule has 0 radical (unpaired) electrons. The van der Waals surface area contributed by atoms with Crippen molar-refractivity contribution in [3.8, 4) is 0 Å². The van der Waals surface area contributed by atoms with Crippen molar-refractivity contribution < 1.29 is 22.7 Å². The van der Waals surface area contributed by atoms with Crippen molar-refractivity contribution in [1.29, 1.82) is 0 Å². The topological polar surface area (TPSA) is 105 Å². The number of amides is 2. The Morgan fingerprint density at radius 2 is 2.07 bits per heavy atom. The van der Waals surface area contributed by atoms with E-state index in [4.69, 9.17) is 4.74 Å². The highest BCUT2D eigenvalue weighted by Gasteiger charge is 2.49. The van der Waals surface area contributed by atoms with Gasteiger partial charge in [-0.25, -0.2) is 13.2 Å². The molecule has 2 heterocycles. The lowest BCUT2D eigenvalue weighted by Gasteiger charge is -2.24. The molecule has 11 heteroatoms. The molecule has 0 spiro atoms. The molecule has 2 fully saturated rings. The van der Waals surface area contributed by atoms with Crippen LogP contribution in [0.5, 0.6) is 0 Å². The molecule has 0 aromatic heterocycles. The van der Waals surface area contributed by atoms with Crippen molar-refractivity contribution in [2.75, 3.05) is 23.0 Å². The summed E-state index contributed by atoms with van der Waals surface area (Å²) in [6.07, 6.45) is -0.692. The highest BCUT2D eigenvalue weighted by atomic mass is 127. The monoisotopic (exact) mass is 551 g/mol. The Morgan fingerprint density at radius 1 is 1.34 bits per heavy atom. The molecule has 2 saturated heterocycles. The van der Waals surface area contributed by atoms with Crippen molar-refractivity contribution in [2.24, 2.45) is 4.99 Å². The fraction of sp³-hybridized carbons (Fsp3) is 0.500. The molecule has 158 valence electrons. The maximum Gasteiger partial charge on any atom is 0.408 e. The summed E-state index contributed by atoms with van der Waals surface area (Å²) < 4.78 is 30.3. The van der Waals surface area contributed by atoms with Gasteiger partial charge in [0.05, 0.1) is 17.5 Å². The molecule has 2 amide bonds. The molecule has 0 saturated carbocycles. The smallest absolute Gasteiger partial charge is 0.408 e. The Balaban J connectivity index is 1.78. The minimum absolute atomic E-state index is 0.0273. The van der Waals surface area contributed by atoms with E-state index in [1.165, 1.54) is 11.8 Å². The SMILES string of the molecule is CC(C)(C)OC(=O)NCC(=O)N=C1S[C@H]2CS(=O)(=O)C[C@@H]2N1c1cccc(I)c1. The van der Waals surface area contributed by atoms with Gasteiger partial charge in [-0.1, -0.05) is 17.8 Å². The van der Waals surface area contributed by atoms with E-state index in [-0.39, 0.29) is 29.3 Å². The molecule has 0 bridgehead atoms. The summed E-state index contributed by atoms with van der Waals surface area (Å²) in [6.45, 7) is 4.90.